The first-order chi connectivity index (χ1) is 11.0. The number of aliphatic hydroxyl groups excluding tert-OH is 1. The van der Waals surface area contributed by atoms with Gasteiger partial charge in [-0.25, -0.2) is 4.79 Å². The maximum atomic E-state index is 12.6. The molecule has 0 spiro atoms. The van der Waals surface area contributed by atoms with Gasteiger partial charge >= 0.3 is 12.3 Å². The Kier molecular flexibility index (Phi) is 6.66. The number of carbonyl (C=O) groups excluding carboxylic acids is 1. The SMILES string of the molecule is CCC(NC(=O)OC(C)(C)C)C(CO)c1ccc(C(F)(F)F)cc1. The van der Waals surface area contributed by atoms with Gasteiger partial charge in [-0.15, -0.1) is 0 Å². The molecule has 0 aliphatic carbocycles. The second-order valence-corrected chi connectivity index (χ2v) is 6.57. The highest BCUT2D eigenvalue weighted by Crippen LogP contribution is 2.31. The van der Waals surface area contributed by atoms with Gasteiger partial charge in [0.05, 0.1) is 12.2 Å². The molecule has 24 heavy (non-hydrogen) atoms. The molecule has 0 heterocycles. The second-order valence-electron chi connectivity index (χ2n) is 6.57. The Morgan fingerprint density at radius 2 is 1.75 bits per heavy atom. The lowest BCUT2D eigenvalue weighted by Gasteiger charge is -2.28. The van der Waals surface area contributed by atoms with E-state index in [0.29, 0.717) is 12.0 Å². The van der Waals surface area contributed by atoms with Gasteiger partial charge in [-0.05, 0) is 44.9 Å². The summed E-state index contributed by atoms with van der Waals surface area (Å²) in [6.07, 6.45) is -4.54. The van der Waals surface area contributed by atoms with Crippen molar-refractivity contribution in [1.29, 1.82) is 0 Å². The number of hydrogen-bond donors (Lipinski definition) is 2. The van der Waals surface area contributed by atoms with E-state index < -0.39 is 35.4 Å². The maximum absolute atomic E-state index is 12.6. The van der Waals surface area contributed by atoms with Crippen LogP contribution >= 0.6 is 0 Å². The summed E-state index contributed by atoms with van der Waals surface area (Å²) in [6, 6.07) is 4.13. The lowest BCUT2D eigenvalue weighted by molar-refractivity contribution is -0.137. The van der Waals surface area contributed by atoms with Crippen molar-refractivity contribution in [2.24, 2.45) is 0 Å². The number of amides is 1. The van der Waals surface area contributed by atoms with Crippen LogP contribution < -0.4 is 5.32 Å². The molecule has 0 aromatic heterocycles. The van der Waals surface area contributed by atoms with Gasteiger partial charge in [0.25, 0.3) is 0 Å². The standard InChI is InChI=1S/C17H24F3NO3/c1-5-14(21-15(23)24-16(2,3)4)13(10-22)11-6-8-12(9-7-11)17(18,19)20/h6-9,13-14,22H,5,10H2,1-4H3,(H,21,23). The number of nitrogens with one attached hydrogen (secondary N) is 1. The number of alkyl carbamates (subject to hydrolysis) is 1. The van der Waals surface area contributed by atoms with Gasteiger partial charge in [0.15, 0.2) is 0 Å². The second kappa shape index (κ2) is 7.88. The predicted octanol–water partition coefficient (Wildman–Crippen LogP) is 4.08. The molecule has 136 valence electrons. The highest BCUT2D eigenvalue weighted by atomic mass is 19.4. The predicted molar refractivity (Wildman–Crippen MR) is 84.7 cm³/mol. The molecule has 2 atom stereocenters. The van der Waals surface area contributed by atoms with Crippen molar-refractivity contribution < 1.29 is 27.8 Å². The minimum atomic E-state index is -4.41. The molecule has 1 aromatic rings. The fraction of sp³-hybridized carbons (Fsp3) is 0.588. The van der Waals surface area contributed by atoms with Crippen molar-refractivity contribution in [2.45, 2.75) is 57.9 Å². The molecule has 7 heteroatoms. The molecule has 0 saturated carbocycles. The van der Waals surface area contributed by atoms with Crippen LogP contribution in [0.15, 0.2) is 24.3 Å². The number of benzene rings is 1. The lowest BCUT2D eigenvalue weighted by Crippen LogP contribution is -2.42. The molecule has 0 aliphatic heterocycles. The Morgan fingerprint density at radius 3 is 2.12 bits per heavy atom. The molecule has 1 aromatic carbocycles. The molecule has 0 bridgehead atoms. The van der Waals surface area contributed by atoms with Crippen molar-refractivity contribution in [3.63, 3.8) is 0 Å². The zero-order chi connectivity index (χ0) is 18.5. The van der Waals surface area contributed by atoms with E-state index in [9.17, 15) is 23.1 Å². The monoisotopic (exact) mass is 347 g/mol. The maximum Gasteiger partial charge on any atom is 0.416 e. The van der Waals surface area contributed by atoms with Crippen molar-refractivity contribution in [3.05, 3.63) is 35.4 Å². The van der Waals surface area contributed by atoms with Crippen molar-refractivity contribution in [3.8, 4) is 0 Å². The first kappa shape index (κ1) is 20.3. The van der Waals surface area contributed by atoms with Gasteiger partial charge in [0, 0.05) is 12.0 Å². The molecule has 4 nitrogen and oxygen atoms in total. The van der Waals surface area contributed by atoms with E-state index in [1.807, 2.05) is 6.92 Å². The first-order valence-corrected chi connectivity index (χ1v) is 7.75. The Bertz CT molecular complexity index is 535. The third-order valence-electron chi connectivity index (χ3n) is 3.49. The van der Waals surface area contributed by atoms with Crippen LogP contribution in [0.3, 0.4) is 0 Å². The van der Waals surface area contributed by atoms with E-state index in [1.54, 1.807) is 20.8 Å². The number of hydrogen-bond acceptors (Lipinski definition) is 3. The summed E-state index contributed by atoms with van der Waals surface area (Å²) in [6.45, 7) is 6.70. The van der Waals surface area contributed by atoms with Gasteiger partial charge in [-0.3, -0.25) is 0 Å². The van der Waals surface area contributed by atoms with Crippen LogP contribution in [0, 0.1) is 0 Å². The van der Waals surface area contributed by atoms with E-state index in [4.69, 9.17) is 4.74 Å². The molecule has 1 amide bonds. The molecule has 0 radical (unpaired) electrons. The molecule has 2 unspecified atom stereocenters. The molecule has 2 N–H and O–H groups in total. The smallest absolute Gasteiger partial charge is 0.416 e. The average Bonchev–Trinajstić information content (AvgIpc) is 2.44. The normalized spacial score (nSPS) is 14.8. The summed E-state index contributed by atoms with van der Waals surface area (Å²) in [4.78, 5) is 11.9. The van der Waals surface area contributed by atoms with E-state index in [0.717, 1.165) is 12.1 Å². The summed E-state index contributed by atoms with van der Waals surface area (Å²) < 4.78 is 43.1. The molecular weight excluding hydrogens is 323 g/mol. The number of halogens is 3. The Hall–Kier alpha value is -1.76. The lowest BCUT2D eigenvalue weighted by atomic mass is 9.90. The van der Waals surface area contributed by atoms with Gasteiger partial charge in [0.1, 0.15) is 5.60 Å². The van der Waals surface area contributed by atoms with Crippen molar-refractivity contribution >= 4 is 6.09 Å². The average molecular weight is 347 g/mol. The van der Waals surface area contributed by atoms with Crippen LogP contribution in [-0.2, 0) is 10.9 Å². The van der Waals surface area contributed by atoms with E-state index in [2.05, 4.69) is 5.32 Å². The summed E-state index contributed by atoms with van der Waals surface area (Å²) in [7, 11) is 0. The quantitative estimate of drug-likeness (QED) is 0.844. The number of alkyl halides is 3. The molecular formula is C17H24F3NO3. The largest absolute Gasteiger partial charge is 0.444 e. The highest BCUT2D eigenvalue weighted by molar-refractivity contribution is 5.68. The van der Waals surface area contributed by atoms with Crippen LogP contribution in [0.1, 0.15) is 51.2 Å². The van der Waals surface area contributed by atoms with Crippen molar-refractivity contribution in [2.75, 3.05) is 6.61 Å². The molecule has 0 saturated heterocycles. The van der Waals surface area contributed by atoms with E-state index in [1.165, 1.54) is 12.1 Å². The van der Waals surface area contributed by atoms with E-state index in [-0.39, 0.29) is 6.61 Å². The summed E-state index contributed by atoms with van der Waals surface area (Å²) in [5, 5.41) is 12.3. The summed E-state index contributed by atoms with van der Waals surface area (Å²) in [5.74, 6) is -0.523. The summed E-state index contributed by atoms with van der Waals surface area (Å²) in [5.41, 5.74) is -0.893. The molecule has 1 rings (SSSR count). The number of ether oxygens (including phenoxy) is 1. The summed E-state index contributed by atoms with van der Waals surface area (Å²) >= 11 is 0. The number of carbonyl (C=O) groups is 1. The zero-order valence-electron chi connectivity index (χ0n) is 14.3. The third kappa shape index (κ3) is 6.03. The Balaban J connectivity index is 2.90. The molecule has 0 aliphatic rings. The fourth-order valence-corrected chi connectivity index (χ4v) is 2.33. The van der Waals surface area contributed by atoms with Crippen LogP contribution in [0.2, 0.25) is 0 Å². The number of aliphatic hydroxyl groups is 1. The van der Waals surface area contributed by atoms with Gasteiger partial charge < -0.3 is 15.2 Å². The minimum Gasteiger partial charge on any atom is -0.444 e. The van der Waals surface area contributed by atoms with Crippen LogP contribution in [0.4, 0.5) is 18.0 Å². The van der Waals surface area contributed by atoms with Crippen LogP contribution in [0.25, 0.3) is 0 Å². The number of rotatable bonds is 5. The highest BCUT2D eigenvalue weighted by Gasteiger charge is 2.31. The van der Waals surface area contributed by atoms with E-state index >= 15 is 0 Å². The van der Waals surface area contributed by atoms with Crippen molar-refractivity contribution in [1.82, 2.24) is 5.32 Å². The van der Waals surface area contributed by atoms with Crippen LogP contribution in [0.5, 0.6) is 0 Å². The first-order valence-electron chi connectivity index (χ1n) is 7.75. The van der Waals surface area contributed by atoms with Crippen LogP contribution in [-0.4, -0.2) is 29.4 Å². The topological polar surface area (TPSA) is 58.6 Å². The van der Waals surface area contributed by atoms with Gasteiger partial charge in [-0.1, -0.05) is 19.1 Å². The third-order valence-corrected chi connectivity index (χ3v) is 3.49. The minimum absolute atomic E-state index is 0.306. The molecule has 0 fully saturated rings. The fourth-order valence-electron chi connectivity index (χ4n) is 2.33. The zero-order valence-corrected chi connectivity index (χ0v) is 14.3. The van der Waals surface area contributed by atoms with Gasteiger partial charge in [-0.2, -0.15) is 13.2 Å². The van der Waals surface area contributed by atoms with Gasteiger partial charge in [0.2, 0.25) is 0 Å². The Labute approximate surface area is 140 Å². The Morgan fingerprint density at radius 1 is 1.21 bits per heavy atom.